The fourth-order valence-electron chi connectivity index (χ4n) is 3.95. The summed E-state index contributed by atoms with van der Waals surface area (Å²) in [7, 11) is 0. The normalized spacial score (nSPS) is 15.3. The molecule has 5 nitrogen and oxygen atoms in total. The van der Waals surface area contributed by atoms with Crippen molar-refractivity contribution in [2.24, 2.45) is 0 Å². The van der Waals surface area contributed by atoms with Gasteiger partial charge in [0, 0.05) is 55.8 Å². The summed E-state index contributed by atoms with van der Waals surface area (Å²) in [6.07, 6.45) is 4.95. The van der Waals surface area contributed by atoms with E-state index in [0.29, 0.717) is 12.3 Å². The smallest absolute Gasteiger partial charge is 0.222 e. The molecule has 2 aromatic heterocycles. The Labute approximate surface area is 177 Å². The minimum atomic E-state index is 0.312. The van der Waals surface area contributed by atoms with E-state index in [1.807, 2.05) is 4.90 Å². The second-order valence-corrected chi connectivity index (χ2v) is 9.24. The van der Waals surface area contributed by atoms with Crippen molar-refractivity contribution in [2.75, 3.05) is 26.2 Å². The fourth-order valence-corrected chi connectivity index (χ4v) is 4.79. The highest BCUT2D eigenvalue weighted by Gasteiger charge is 2.24. The van der Waals surface area contributed by atoms with E-state index in [4.69, 9.17) is 4.98 Å². The fraction of sp³-hybridized carbons (Fsp3) is 0.478. The standard InChI is InChI=1S/C23H30N4OS/c1-4-5-6-21(28)26-13-11-25(12-14-26)16-20-22(19-9-7-17(2)8-10-19)24-23-27(20)15-18(3)29-23/h7-10,15H,4-6,11-14,16H2,1-3H3. The molecule has 0 atom stereocenters. The number of nitrogens with zero attached hydrogens (tertiary/aromatic N) is 4. The summed E-state index contributed by atoms with van der Waals surface area (Å²) in [5.41, 5.74) is 4.76. The first kappa shape index (κ1) is 20.1. The van der Waals surface area contributed by atoms with Gasteiger partial charge in [0.05, 0.1) is 11.4 Å². The zero-order chi connectivity index (χ0) is 20.4. The first-order chi connectivity index (χ1) is 14.0. The van der Waals surface area contributed by atoms with Crippen molar-refractivity contribution in [3.8, 4) is 11.3 Å². The number of hydrogen-bond donors (Lipinski definition) is 0. The van der Waals surface area contributed by atoms with E-state index in [2.05, 4.69) is 60.5 Å². The number of thiazole rings is 1. The molecule has 4 rings (SSSR count). The average Bonchev–Trinajstić information content (AvgIpc) is 3.24. The molecule has 1 aromatic carbocycles. The molecule has 0 saturated carbocycles. The van der Waals surface area contributed by atoms with E-state index in [1.54, 1.807) is 11.3 Å². The van der Waals surface area contributed by atoms with E-state index in [-0.39, 0.29) is 0 Å². The van der Waals surface area contributed by atoms with Crippen molar-refractivity contribution < 1.29 is 4.79 Å². The zero-order valence-corrected chi connectivity index (χ0v) is 18.5. The van der Waals surface area contributed by atoms with E-state index in [9.17, 15) is 4.79 Å². The second kappa shape index (κ2) is 8.67. The van der Waals surface area contributed by atoms with Gasteiger partial charge in [-0.05, 0) is 20.3 Å². The van der Waals surface area contributed by atoms with Crippen LogP contribution in [0.15, 0.2) is 30.5 Å². The van der Waals surface area contributed by atoms with Gasteiger partial charge < -0.3 is 4.90 Å². The van der Waals surface area contributed by atoms with Crippen molar-refractivity contribution in [3.05, 3.63) is 46.6 Å². The molecule has 1 aliphatic rings. The topological polar surface area (TPSA) is 40.9 Å². The maximum absolute atomic E-state index is 12.3. The Morgan fingerprint density at radius 1 is 1.10 bits per heavy atom. The summed E-state index contributed by atoms with van der Waals surface area (Å²) in [6.45, 7) is 10.7. The maximum atomic E-state index is 12.3. The molecule has 6 heteroatoms. The van der Waals surface area contributed by atoms with Gasteiger partial charge in [-0.25, -0.2) is 4.98 Å². The first-order valence-electron chi connectivity index (χ1n) is 10.6. The molecule has 3 aromatic rings. The maximum Gasteiger partial charge on any atom is 0.222 e. The molecule has 0 N–H and O–H groups in total. The summed E-state index contributed by atoms with van der Waals surface area (Å²) in [5, 5.41) is 0. The van der Waals surface area contributed by atoms with Gasteiger partial charge >= 0.3 is 0 Å². The van der Waals surface area contributed by atoms with Gasteiger partial charge in [-0.1, -0.05) is 43.2 Å². The Morgan fingerprint density at radius 2 is 1.83 bits per heavy atom. The number of rotatable bonds is 6. The molecule has 154 valence electrons. The lowest BCUT2D eigenvalue weighted by atomic mass is 10.1. The quantitative estimate of drug-likeness (QED) is 0.600. The van der Waals surface area contributed by atoms with E-state index >= 15 is 0 Å². The molecule has 0 bridgehead atoms. The lowest BCUT2D eigenvalue weighted by Crippen LogP contribution is -2.48. The van der Waals surface area contributed by atoms with Crippen molar-refractivity contribution in [1.29, 1.82) is 0 Å². The van der Waals surface area contributed by atoms with Crippen LogP contribution in [0.1, 0.15) is 42.3 Å². The predicted octanol–water partition coefficient (Wildman–Crippen LogP) is 4.51. The van der Waals surface area contributed by atoms with Gasteiger partial charge in [-0.3, -0.25) is 14.1 Å². The Bertz CT molecular complexity index is 980. The molecule has 0 spiro atoms. The predicted molar refractivity (Wildman–Crippen MR) is 119 cm³/mol. The van der Waals surface area contributed by atoms with E-state index in [1.165, 1.54) is 21.7 Å². The van der Waals surface area contributed by atoms with Crippen LogP contribution >= 0.6 is 11.3 Å². The number of piperazine rings is 1. The van der Waals surface area contributed by atoms with Crippen LogP contribution in [0.5, 0.6) is 0 Å². The number of unbranched alkanes of at least 4 members (excludes halogenated alkanes) is 1. The highest BCUT2D eigenvalue weighted by molar-refractivity contribution is 7.17. The van der Waals surface area contributed by atoms with Crippen LogP contribution in [0.3, 0.4) is 0 Å². The van der Waals surface area contributed by atoms with Gasteiger partial charge in [0.2, 0.25) is 5.91 Å². The van der Waals surface area contributed by atoms with Crippen LogP contribution in [-0.2, 0) is 11.3 Å². The summed E-state index contributed by atoms with van der Waals surface area (Å²) < 4.78 is 2.26. The largest absolute Gasteiger partial charge is 0.340 e. The number of fused-ring (bicyclic) bond motifs is 1. The molecule has 0 radical (unpaired) electrons. The molecule has 1 aliphatic heterocycles. The van der Waals surface area contributed by atoms with Gasteiger partial charge in [-0.2, -0.15) is 0 Å². The van der Waals surface area contributed by atoms with E-state index < -0.39 is 0 Å². The van der Waals surface area contributed by atoms with Crippen molar-refractivity contribution in [2.45, 2.75) is 46.6 Å². The summed E-state index contributed by atoms with van der Waals surface area (Å²) in [4.78, 5) is 24.1. The minimum absolute atomic E-state index is 0.312. The van der Waals surface area contributed by atoms with Crippen LogP contribution in [-0.4, -0.2) is 51.3 Å². The molecule has 1 amide bonds. The van der Waals surface area contributed by atoms with Crippen molar-refractivity contribution in [3.63, 3.8) is 0 Å². The minimum Gasteiger partial charge on any atom is -0.340 e. The lowest BCUT2D eigenvalue weighted by Gasteiger charge is -2.34. The number of aryl methyl sites for hydroxylation is 2. The first-order valence-corrected chi connectivity index (χ1v) is 11.4. The van der Waals surface area contributed by atoms with Crippen LogP contribution in [0, 0.1) is 13.8 Å². The Hall–Kier alpha value is -2.18. The number of hydrogen-bond acceptors (Lipinski definition) is 4. The molecule has 0 unspecified atom stereocenters. The molecular weight excluding hydrogens is 380 g/mol. The van der Waals surface area contributed by atoms with Gasteiger partial charge in [0.1, 0.15) is 0 Å². The lowest BCUT2D eigenvalue weighted by molar-refractivity contribution is -0.133. The number of carbonyl (C=O) groups excluding carboxylic acids is 1. The third-order valence-electron chi connectivity index (χ3n) is 5.71. The third-order valence-corrected chi connectivity index (χ3v) is 6.61. The molecule has 1 saturated heterocycles. The second-order valence-electron chi connectivity index (χ2n) is 8.03. The van der Waals surface area contributed by atoms with Gasteiger partial charge in [-0.15, -0.1) is 11.3 Å². The number of carbonyl (C=O) groups is 1. The monoisotopic (exact) mass is 410 g/mol. The van der Waals surface area contributed by atoms with Gasteiger partial charge in [0.25, 0.3) is 0 Å². The Balaban J connectivity index is 1.52. The molecule has 3 heterocycles. The number of imidazole rings is 1. The van der Waals surface area contributed by atoms with Crippen LogP contribution < -0.4 is 0 Å². The Morgan fingerprint density at radius 3 is 2.52 bits per heavy atom. The number of amides is 1. The summed E-state index contributed by atoms with van der Waals surface area (Å²) in [5.74, 6) is 0.312. The molecule has 29 heavy (non-hydrogen) atoms. The molecule has 0 aliphatic carbocycles. The van der Waals surface area contributed by atoms with Crippen LogP contribution in [0.4, 0.5) is 0 Å². The Kier molecular flexibility index (Phi) is 6.01. The number of benzene rings is 1. The average molecular weight is 411 g/mol. The van der Waals surface area contributed by atoms with Crippen LogP contribution in [0.2, 0.25) is 0 Å². The molecule has 1 fully saturated rings. The van der Waals surface area contributed by atoms with Crippen LogP contribution in [0.25, 0.3) is 16.2 Å². The van der Waals surface area contributed by atoms with E-state index in [0.717, 1.165) is 56.2 Å². The van der Waals surface area contributed by atoms with Gasteiger partial charge in [0.15, 0.2) is 4.96 Å². The summed E-state index contributed by atoms with van der Waals surface area (Å²) >= 11 is 1.74. The number of aromatic nitrogens is 2. The highest BCUT2D eigenvalue weighted by atomic mass is 32.1. The van der Waals surface area contributed by atoms with Crippen molar-refractivity contribution in [1.82, 2.24) is 19.2 Å². The third kappa shape index (κ3) is 4.38. The highest BCUT2D eigenvalue weighted by Crippen LogP contribution is 2.29. The SMILES string of the molecule is CCCCC(=O)N1CCN(Cc2c(-c3ccc(C)cc3)nc3sc(C)cn23)CC1. The van der Waals surface area contributed by atoms with Crippen molar-refractivity contribution >= 4 is 22.2 Å². The summed E-state index contributed by atoms with van der Waals surface area (Å²) in [6, 6.07) is 8.64. The molecular formula is C23H30N4OS. The zero-order valence-electron chi connectivity index (χ0n) is 17.6.